The minimum absolute atomic E-state index is 0.0906. The van der Waals surface area contributed by atoms with Gasteiger partial charge in [-0.05, 0) is 29.4 Å². The molecule has 4 heterocycles. The van der Waals surface area contributed by atoms with Crippen molar-refractivity contribution in [3.05, 3.63) is 48.9 Å². The number of hydrogen-bond donors (Lipinski definition) is 1. The Morgan fingerprint density at radius 1 is 1.14 bits per heavy atom. The van der Waals surface area contributed by atoms with Crippen LogP contribution >= 0.6 is 0 Å². The minimum Gasteiger partial charge on any atom is -0.461 e. The lowest BCUT2D eigenvalue weighted by atomic mass is 10.3. The fourth-order valence-corrected chi connectivity index (χ4v) is 3.03. The van der Waals surface area contributed by atoms with Gasteiger partial charge in [-0.2, -0.15) is 0 Å². The molecule has 146 valence electrons. The Morgan fingerprint density at radius 3 is 2.79 bits per heavy atom. The van der Waals surface area contributed by atoms with Gasteiger partial charge in [-0.1, -0.05) is 6.07 Å². The average Bonchev–Trinajstić information content (AvgIpc) is 3.41. The first-order valence-electron chi connectivity index (χ1n) is 9.12. The topological polar surface area (TPSA) is 96.9 Å². The summed E-state index contributed by atoms with van der Waals surface area (Å²) in [7, 11) is 0. The molecule has 3 aromatic rings. The van der Waals surface area contributed by atoms with Crippen LogP contribution in [-0.2, 0) is 0 Å². The zero-order chi connectivity index (χ0) is 19.2. The van der Waals surface area contributed by atoms with Crippen molar-refractivity contribution >= 4 is 11.9 Å². The molecule has 1 aliphatic rings. The highest BCUT2D eigenvalue weighted by molar-refractivity contribution is 5.70. The maximum Gasteiger partial charge on any atom is 0.414 e. The third kappa shape index (κ3) is 4.49. The quantitative estimate of drug-likeness (QED) is 0.692. The zero-order valence-corrected chi connectivity index (χ0v) is 15.3. The Bertz CT molecular complexity index is 873. The molecular weight excluding hydrogens is 362 g/mol. The van der Waals surface area contributed by atoms with Gasteiger partial charge in [0.25, 0.3) is 5.88 Å². The average molecular weight is 383 g/mol. The number of amides is 1. The van der Waals surface area contributed by atoms with Gasteiger partial charge in [0.2, 0.25) is 5.76 Å². The number of anilines is 1. The maximum absolute atomic E-state index is 11.9. The first kappa shape index (κ1) is 18.1. The van der Waals surface area contributed by atoms with Crippen LogP contribution in [0.4, 0.5) is 10.6 Å². The molecule has 0 saturated carbocycles. The second-order valence-electron chi connectivity index (χ2n) is 6.34. The van der Waals surface area contributed by atoms with E-state index in [0.717, 1.165) is 38.5 Å². The number of nitrogens with one attached hydrogen (secondary N) is 1. The monoisotopic (exact) mass is 383 g/mol. The van der Waals surface area contributed by atoms with E-state index in [1.54, 1.807) is 12.1 Å². The van der Waals surface area contributed by atoms with Crippen molar-refractivity contribution < 1.29 is 18.5 Å². The molecule has 0 spiro atoms. The van der Waals surface area contributed by atoms with Crippen LogP contribution in [0.1, 0.15) is 0 Å². The number of hydrogen-bond acceptors (Lipinski definition) is 8. The second kappa shape index (κ2) is 8.57. The largest absolute Gasteiger partial charge is 0.461 e. The summed E-state index contributed by atoms with van der Waals surface area (Å²) in [5.74, 6) is 2.02. The second-order valence-corrected chi connectivity index (χ2v) is 6.34. The number of aromatic nitrogens is 2. The van der Waals surface area contributed by atoms with Crippen LogP contribution in [0.15, 0.2) is 57.8 Å². The highest BCUT2D eigenvalue weighted by Gasteiger charge is 2.18. The molecule has 0 unspecified atom stereocenters. The molecule has 9 nitrogen and oxygen atoms in total. The van der Waals surface area contributed by atoms with Crippen molar-refractivity contribution in [3.8, 4) is 17.4 Å². The summed E-state index contributed by atoms with van der Waals surface area (Å²) >= 11 is 0. The van der Waals surface area contributed by atoms with E-state index in [0.29, 0.717) is 18.1 Å². The molecule has 0 aromatic carbocycles. The van der Waals surface area contributed by atoms with Crippen LogP contribution in [0.25, 0.3) is 11.5 Å². The van der Waals surface area contributed by atoms with Gasteiger partial charge in [-0.15, -0.1) is 0 Å². The summed E-state index contributed by atoms with van der Waals surface area (Å²) in [5, 5.41) is 6.44. The molecule has 1 aliphatic heterocycles. The predicted molar refractivity (Wildman–Crippen MR) is 101 cm³/mol. The third-order valence-electron chi connectivity index (χ3n) is 4.49. The van der Waals surface area contributed by atoms with Gasteiger partial charge in [0.05, 0.1) is 12.3 Å². The number of rotatable bonds is 6. The summed E-state index contributed by atoms with van der Waals surface area (Å²) in [6.07, 6.45) is 2.77. The number of pyridine rings is 1. The molecule has 0 aliphatic carbocycles. The summed E-state index contributed by atoms with van der Waals surface area (Å²) in [6.45, 7) is 4.91. The van der Waals surface area contributed by atoms with Crippen molar-refractivity contribution in [1.29, 1.82) is 0 Å². The van der Waals surface area contributed by atoms with Crippen molar-refractivity contribution in [2.75, 3.05) is 44.2 Å². The van der Waals surface area contributed by atoms with E-state index in [-0.39, 0.29) is 5.88 Å². The Hall–Kier alpha value is -3.33. The zero-order valence-electron chi connectivity index (χ0n) is 15.3. The third-order valence-corrected chi connectivity index (χ3v) is 4.49. The minimum atomic E-state index is -0.564. The lowest BCUT2D eigenvalue weighted by Gasteiger charge is -2.35. The molecule has 0 radical (unpaired) electrons. The molecule has 3 aromatic heterocycles. The van der Waals surface area contributed by atoms with Crippen LogP contribution in [0.5, 0.6) is 5.88 Å². The van der Waals surface area contributed by atoms with Gasteiger partial charge in [-0.25, -0.2) is 9.78 Å². The van der Waals surface area contributed by atoms with Crippen LogP contribution in [0.3, 0.4) is 0 Å². The molecule has 1 saturated heterocycles. The van der Waals surface area contributed by atoms with Crippen molar-refractivity contribution in [3.63, 3.8) is 0 Å². The van der Waals surface area contributed by atoms with E-state index in [1.165, 1.54) is 12.3 Å². The van der Waals surface area contributed by atoms with E-state index in [4.69, 9.17) is 13.7 Å². The number of carbonyl (C=O) groups excluding carboxylic acids is 1. The van der Waals surface area contributed by atoms with E-state index in [2.05, 4.69) is 25.3 Å². The molecule has 0 bridgehead atoms. The molecule has 1 fully saturated rings. The smallest absolute Gasteiger partial charge is 0.414 e. The summed E-state index contributed by atoms with van der Waals surface area (Å²) < 4.78 is 15.4. The number of ether oxygens (including phenoxy) is 1. The van der Waals surface area contributed by atoms with Crippen LogP contribution in [-0.4, -0.2) is 60.4 Å². The van der Waals surface area contributed by atoms with Gasteiger partial charge in [0, 0.05) is 45.5 Å². The van der Waals surface area contributed by atoms with Gasteiger partial charge in [0.15, 0.2) is 5.76 Å². The first-order chi connectivity index (χ1) is 13.8. The molecule has 1 amide bonds. The molecule has 1 N–H and O–H groups in total. The van der Waals surface area contributed by atoms with Crippen LogP contribution in [0, 0.1) is 0 Å². The fraction of sp³-hybridized carbons (Fsp3) is 0.316. The van der Waals surface area contributed by atoms with Gasteiger partial charge >= 0.3 is 6.09 Å². The Labute approximate surface area is 161 Å². The molecule has 28 heavy (non-hydrogen) atoms. The normalized spacial score (nSPS) is 14.8. The number of piperazine rings is 1. The molecule has 0 atom stereocenters. The number of carbonyl (C=O) groups is 1. The van der Waals surface area contributed by atoms with Gasteiger partial charge < -0.3 is 23.9 Å². The van der Waals surface area contributed by atoms with Gasteiger partial charge in [-0.3, -0.25) is 4.90 Å². The molecule has 9 heteroatoms. The fourth-order valence-electron chi connectivity index (χ4n) is 3.03. The maximum atomic E-state index is 11.9. The van der Waals surface area contributed by atoms with E-state index in [1.807, 2.05) is 24.4 Å². The Kier molecular flexibility index (Phi) is 5.53. The lowest BCUT2D eigenvalue weighted by Crippen LogP contribution is -2.48. The van der Waals surface area contributed by atoms with Crippen molar-refractivity contribution in [2.24, 2.45) is 0 Å². The Morgan fingerprint density at radius 2 is 2.04 bits per heavy atom. The summed E-state index contributed by atoms with van der Waals surface area (Å²) in [6, 6.07) is 10.9. The lowest BCUT2D eigenvalue weighted by molar-refractivity contribution is 0.191. The Balaban J connectivity index is 1.16. The highest BCUT2D eigenvalue weighted by atomic mass is 16.6. The van der Waals surface area contributed by atoms with Crippen LogP contribution in [0.2, 0.25) is 0 Å². The van der Waals surface area contributed by atoms with E-state index < -0.39 is 6.09 Å². The standard InChI is InChI=1S/C19H21N5O4/c25-19(27-18-14-16(28-22-18)15-4-3-13-26-15)21-7-8-23-9-11-24(12-10-23)17-5-1-2-6-20-17/h1-6,13-14H,7-12H2,(H,21,25). The highest BCUT2D eigenvalue weighted by Crippen LogP contribution is 2.23. The van der Waals surface area contributed by atoms with Crippen LogP contribution < -0.4 is 15.0 Å². The van der Waals surface area contributed by atoms with Crippen molar-refractivity contribution in [1.82, 2.24) is 20.4 Å². The van der Waals surface area contributed by atoms with E-state index in [9.17, 15) is 4.79 Å². The summed E-state index contributed by atoms with van der Waals surface area (Å²) in [5.41, 5.74) is 0. The van der Waals surface area contributed by atoms with Gasteiger partial charge in [0.1, 0.15) is 5.82 Å². The summed E-state index contributed by atoms with van der Waals surface area (Å²) in [4.78, 5) is 20.9. The number of furan rings is 1. The number of nitrogens with zero attached hydrogens (tertiary/aromatic N) is 4. The molecular formula is C19H21N5O4. The molecule has 4 rings (SSSR count). The van der Waals surface area contributed by atoms with E-state index >= 15 is 0 Å². The van der Waals surface area contributed by atoms with Crippen molar-refractivity contribution in [2.45, 2.75) is 0 Å². The SMILES string of the molecule is O=C(NCCN1CCN(c2ccccn2)CC1)Oc1cc(-c2ccco2)on1. The predicted octanol–water partition coefficient (Wildman–Crippen LogP) is 2.24. The first-order valence-corrected chi connectivity index (χ1v) is 9.12.